The summed E-state index contributed by atoms with van der Waals surface area (Å²) < 4.78 is 17.5. The van der Waals surface area contributed by atoms with E-state index in [-0.39, 0.29) is 12.2 Å². The van der Waals surface area contributed by atoms with Gasteiger partial charge < -0.3 is 14.5 Å². The molecule has 0 heterocycles. The van der Waals surface area contributed by atoms with Crippen LogP contribution in [0.2, 0.25) is 0 Å². The summed E-state index contributed by atoms with van der Waals surface area (Å²) in [6.07, 6.45) is -0.297. The number of carboxylic acids is 1. The molecule has 156 valence electrons. The van der Waals surface area contributed by atoms with Gasteiger partial charge >= 0.3 is 13.6 Å². The fraction of sp³-hybridized carbons (Fsp3) is 0.174. The summed E-state index contributed by atoms with van der Waals surface area (Å²) in [5, 5.41) is 12.2. The third-order valence-electron chi connectivity index (χ3n) is 4.57. The molecule has 0 bridgehead atoms. The van der Waals surface area contributed by atoms with Crippen LogP contribution in [-0.2, 0) is 15.8 Å². The summed E-state index contributed by atoms with van der Waals surface area (Å²) in [5.74, 6) is -0.830. The molecule has 3 aromatic rings. The first-order valence-corrected chi connectivity index (χ1v) is 11.3. The Morgan fingerprint density at radius 1 is 1.00 bits per heavy atom. The number of benzene rings is 3. The van der Waals surface area contributed by atoms with Gasteiger partial charge in [-0.05, 0) is 47.7 Å². The van der Waals surface area contributed by atoms with Gasteiger partial charge in [-0.3, -0.25) is 10.1 Å². The SMILES string of the molecule is Cc1cccc(OP(=O)(O)CN[C@@H](Cc2ccc(-c3ccccc3)cc2)C(=O)O)c1. The van der Waals surface area contributed by atoms with Crippen LogP contribution in [-0.4, -0.2) is 28.3 Å². The fourth-order valence-electron chi connectivity index (χ4n) is 3.04. The van der Waals surface area contributed by atoms with Crippen molar-refractivity contribution in [2.24, 2.45) is 0 Å². The molecular weight excluding hydrogens is 401 g/mol. The Hall–Kier alpha value is -2.92. The van der Waals surface area contributed by atoms with E-state index < -0.39 is 25.9 Å². The molecule has 2 atom stereocenters. The zero-order valence-electron chi connectivity index (χ0n) is 16.6. The van der Waals surface area contributed by atoms with E-state index in [1.54, 1.807) is 18.2 Å². The maximum Gasteiger partial charge on any atom is 0.390 e. The van der Waals surface area contributed by atoms with E-state index in [1.165, 1.54) is 0 Å². The quantitative estimate of drug-likeness (QED) is 0.438. The third-order valence-corrected chi connectivity index (χ3v) is 5.65. The molecule has 0 aliphatic rings. The van der Waals surface area contributed by atoms with Gasteiger partial charge in [0.1, 0.15) is 18.1 Å². The second-order valence-electron chi connectivity index (χ2n) is 7.07. The van der Waals surface area contributed by atoms with Crippen LogP contribution in [0.15, 0.2) is 78.9 Å². The number of hydrogen-bond acceptors (Lipinski definition) is 4. The molecule has 0 aliphatic carbocycles. The van der Waals surface area contributed by atoms with Crippen LogP contribution < -0.4 is 9.84 Å². The van der Waals surface area contributed by atoms with Gasteiger partial charge in [0.25, 0.3) is 0 Å². The van der Waals surface area contributed by atoms with Crippen molar-refractivity contribution >= 4 is 13.6 Å². The lowest BCUT2D eigenvalue weighted by atomic mass is 10.0. The summed E-state index contributed by atoms with van der Waals surface area (Å²) in [5.41, 5.74) is 3.81. The first-order chi connectivity index (χ1) is 14.3. The Kier molecular flexibility index (Phi) is 7.06. The van der Waals surface area contributed by atoms with Crippen LogP contribution in [0.4, 0.5) is 0 Å². The van der Waals surface area contributed by atoms with Gasteiger partial charge in [-0.1, -0.05) is 66.7 Å². The minimum Gasteiger partial charge on any atom is -0.480 e. The summed E-state index contributed by atoms with van der Waals surface area (Å²) in [6.45, 7) is 1.84. The number of carbonyl (C=O) groups is 1. The highest BCUT2D eigenvalue weighted by atomic mass is 31.2. The molecule has 0 aliphatic heterocycles. The fourth-order valence-corrected chi connectivity index (χ4v) is 4.00. The standard InChI is InChI=1S/C23H24NO5P/c1-17-6-5-9-21(14-17)29-30(27,28)16-24-22(23(25)26)15-18-10-12-20(13-11-18)19-7-3-2-4-8-19/h2-14,22,24H,15-16H2,1H3,(H,25,26)(H,27,28)/t22-/m0/s1. The van der Waals surface area contributed by atoms with Gasteiger partial charge in [0, 0.05) is 0 Å². The van der Waals surface area contributed by atoms with Crippen LogP contribution >= 0.6 is 7.60 Å². The Bertz CT molecular complexity index is 1040. The van der Waals surface area contributed by atoms with Crippen molar-refractivity contribution < 1.29 is 23.9 Å². The molecule has 0 spiro atoms. The van der Waals surface area contributed by atoms with Gasteiger partial charge in [0.2, 0.25) is 0 Å². The van der Waals surface area contributed by atoms with Crippen molar-refractivity contribution in [3.8, 4) is 16.9 Å². The molecule has 0 saturated carbocycles. The van der Waals surface area contributed by atoms with Crippen LogP contribution in [0.1, 0.15) is 11.1 Å². The average Bonchev–Trinajstić information content (AvgIpc) is 2.71. The number of nitrogens with one attached hydrogen (secondary N) is 1. The van der Waals surface area contributed by atoms with Gasteiger partial charge in [-0.15, -0.1) is 0 Å². The maximum atomic E-state index is 12.4. The first-order valence-electron chi connectivity index (χ1n) is 9.51. The van der Waals surface area contributed by atoms with Gasteiger partial charge in [-0.25, -0.2) is 4.57 Å². The summed E-state index contributed by atoms with van der Waals surface area (Å²) in [6, 6.07) is 23.2. The Balaban J connectivity index is 1.62. The van der Waals surface area contributed by atoms with Crippen molar-refractivity contribution in [2.45, 2.75) is 19.4 Å². The number of carboxylic acid groups (broad SMARTS) is 1. The van der Waals surface area contributed by atoms with Crippen molar-refractivity contribution in [1.29, 1.82) is 0 Å². The molecule has 0 aromatic heterocycles. The molecule has 3 aromatic carbocycles. The highest BCUT2D eigenvalue weighted by molar-refractivity contribution is 7.53. The van der Waals surface area contributed by atoms with Crippen molar-refractivity contribution in [1.82, 2.24) is 5.32 Å². The number of hydrogen-bond donors (Lipinski definition) is 3. The van der Waals surface area contributed by atoms with E-state index in [4.69, 9.17) is 4.52 Å². The van der Waals surface area contributed by atoms with Crippen molar-refractivity contribution in [2.75, 3.05) is 6.29 Å². The lowest BCUT2D eigenvalue weighted by Gasteiger charge is -2.18. The van der Waals surface area contributed by atoms with Crippen molar-refractivity contribution in [3.05, 3.63) is 90.0 Å². The van der Waals surface area contributed by atoms with Crippen LogP contribution in [0, 0.1) is 6.92 Å². The predicted molar refractivity (Wildman–Crippen MR) is 117 cm³/mol. The largest absolute Gasteiger partial charge is 0.480 e. The second-order valence-corrected chi connectivity index (χ2v) is 8.84. The van der Waals surface area contributed by atoms with E-state index in [0.29, 0.717) is 0 Å². The minimum atomic E-state index is -4.05. The molecular formula is C23H24NO5P. The van der Waals surface area contributed by atoms with E-state index in [0.717, 1.165) is 22.3 Å². The Labute approximate surface area is 175 Å². The highest BCUT2D eigenvalue weighted by Gasteiger charge is 2.26. The summed E-state index contributed by atoms with van der Waals surface area (Å²) in [7, 11) is -4.05. The third kappa shape index (κ3) is 6.29. The maximum absolute atomic E-state index is 12.4. The lowest BCUT2D eigenvalue weighted by Crippen LogP contribution is -2.39. The molecule has 7 heteroatoms. The normalized spacial score (nSPS) is 13.9. The Morgan fingerprint density at radius 2 is 1.67 bits per heavy atom. The van der Waals surface area contributed by atoms with E-state index in [9.17, 15) is 19.4 Å². The minimum absolute atomic E-state index is 0.175. The van der Waals surface area contributed by atoms with Gasteiger partial charge in [-0.2, -0.15) is 0 Å². The molecule has 6 nitrogen and oxygen atoms in total. The summed E-state index contributed by atoms with van der Waals surface area (Å²) >= 11 is 0. The highest BCUT2D eigenvalue weighted by Crippen LogP contribution is 2.41. The van der Waals surface area contributed by atoms with Crippen LogP contribution in [0.25, 0.3) is 11.1 Å². The van der Waals surface area contributed by atoms with E-state index in [1.807, 2.05) is 67.6 Å². The van der Waals surface area contributed by atoms with Crippen LogP contribution in [0.5, 0.6) is 5.75 Å². The molecule has 0 amide bonds. The number of aliphatic carboxylic acids is 1. The zero-order chi connectivity index (χ0) is 21.6. The summed E-state index contributed by atoms with van der Waals surface area (Å²) in [4.78, 5) is 21.7. The zero-order valence-corrected chi connectivity index (χ0v) is 17.5. The first kappa shape index (κ1) is 21.8. The number of aryl methyl sites for hydroxylation is 1. The molecule has 1 unspecified atom stereocenters. The van der Waals surface area contributed by atoms with Crippen LogP contribution in [0.3, 0.4) is 0 Å². The van der Waals surface area contributed by atoms with E-state index >= 15 is 0 Å². The van der Waals surface area contributed by atoms with E-state index in [2.05, 4.69) is 5.32 Å². The molecule has 3 N–H and O–H groups in total. The molecule has 0 radical (unpaired) electrons. The molecule has 0 fully saturated rings. The van der Waals surface area contributed by atoms with Gasteiger partial charge in [0.05, 0.1) is 0 Å². The Morgan fingerprint density at radius 3 is 2.30 bits per heavy atom. The lowest BCUT2D eigenvalue weighted by molar-refractivity contribution is -0.139. The molecule has 30 heavy (non-hydrogen) atoms. The number of rotatable bonds is 9. The van der Waals surface area contributed by atoms with Gasteiger partial charge in [0.15, 0.2) is 0 Å². The average molecular weight is 425 g/mol. The predicted octanol–water partition coefficient (Wildman–Crippen LogP) is 4.47. The monoisotopic (exact) mass is 425 g/mol. The smallest absolute Gasteiger partial charge is 0.390 e. The molecule has 3 rings (SSSR count). The topological polar surface area (TPSA) is 95.9 Å². The molecule has 0 saturated heterocycles. The second kappa shape index (κ2) is 9.72. The van der Waals surface area contributed by atoms with Crippen molar-refractivity contribution in [3.63, 3.8) is 0 Å².